The van der Waals surface area contributed by atoms with Gasteiger partial charge in [-0.3, -0.25) is 0 Å². The zero-order valence-corrected chi connectivity index (χ0v) is 31.4. The molecule has 15 heteroatoms. The van der Waals surface area contributed by atoms with Crippen molar-refractivity contribution in [2.24, 2.45) is 0 Å². The third-order valence-electron chi connectivity index (χ3n) is 8.46. The van der Waals surface area contributed by atoms with Gasteiger partial charge in [-0.2, -0.15) is 0 Å². The molecule has 282 valence electrons. The number of imidazole rings is 2. The average molecular weight is 765 g/mol. The van der Waals surface area contributed by atoms with Gasteiger partial charge in [0.2, 0.25) is 12.7 Å². The summed E-state index contributed by atoms with van der Waals surface area (Å²) in [5, 5.41) is 0. The van der Waals surface area contributed by atoms with E-state index in [2.05, 4.69) is 79.5 Å². The first-order valence-electron chi connectivity index (χ1n) is 17.1. The molecule has 4 bridgehead atoms. The minimum atomic E-state index is -4.27. The summed E-state index contributed by atoms with van der Waals surface area (Å²) in [7, 11) is -8.54. The summed E-state index contributed by atoms with van der Waals surface area (Å²) in [4.78, 5) is -0.355. The fourth-order valence-corrected chi connectivity index (χ4v) is 6.62. The molecule has 0 amide bonds. The Morgan fingerprint density at radius 3 is 1.25 bits per heavy atom. The molecule has 53 heavy (non-hydrogen) atoms. The van der Waals surface area contributed by atoms with Crippen LogP contribution in [0.5, 0.6) is 0 Å². The van der Waals surface area contributed by atoms with Crippen LogP contribution in [0.2, 0.25) is 0 Å². The minimum Gasteiger partial charge on any atom is -0.744 e. The van der Waals surface area contributed by atoms with E-state index in [1.165, 1.54) is 46.3 Å². The SMILES string of the molecule is Cc1ccc(S(=O)(=O)[O-])cc1.Cc1ccc(S(=O)(=O)[O-])cc1.c1ccc2c(c1)n1c[n+]2CCOCC[n+]2cn(c3ccccc32)CCOCCOCC1. The van der Waals surface area contributed by atoms with E-state index in [9.17, 15) is 25.9 Å². The van der Waals surface area contributed by atoms with Gasteiger partial charge in [0, 0.05) is 0 Å². The van der Waals surface area contributed by atoms with Crippen molar-refractivity contribution in [2.45, 2.75) is 49.8 Å². The summed E-state index contributed by atoms with van der Waals surface area (Å²) in [6.07, 6.45) is 4.34. The summed E-state index contributed by atoms with van der Waals surface area (Å²) in [6.45, 7) is 10.9. The molecular formula is C38H44N4O9S2. The molecule has 0 saturated carbocycles. The fourth-order valence-electron chi connectivity index (χ4n) is 5.68. The van der Waals surface area contributed by atoms with Crippen LogP contribution in [0.4, 0.5) is 0 Å². The minimum absolute atomic E-state index is 0.178. The third kappa shape index (κ3) is 11.5. The van der Waals surface area contributed by atoms with Crippen LogP contribution in [0, 0.1) is 13.8 Å². The molecular weight excluding hydrogens is 721 g/mol. The predicted molar refractivity (Wildman–Crippen MR) is 195 cm³/mol. The first kappa shape index (κ1) is 39.7. The molecule has 0 fully saturated rings. The maximum atomic E-state index is 10.4. The van der Waals surface area contributed by atoms with Crippen LogP contribution in [0.25, 0.3) is 22.1 Å². The highest BCUT2D eigenvalue weighted by Gasteiger charge is 2.17. The quantitative estimate of drug-likeness (QED) is 0.189. The average Bonchev–Trinajstić information content (AvgIpc) is 3.66. The lowest BCUT2D eigenvalue weighted by Crippen LogP contribution is -2.37. The van der Waals surface area contributed by atoms with Gasteiger partial charge in [-0.05, 0) is 62.4 Å². The van der Waals surface area contributed by atoms with E-state index >= 15 is 0 Å². The normalized spacial score (nSPS) is 14.9. The van der Waals surface area contributed by atoms with E-state index < -0.39 is 20.2 Å². The van der Waals surface area contributed by atoms with Gasteiger partial charge in [0.25, 0.3) is 0 Å². The fraction of sp³-hybridized carbons (Fsp3) is 0.316. The summed E-state index contributed by atoms with van der Waals surface area (Å²) in [5.41, 5.74) is 6.75. The summed E-state index contributed by atoms with van der Waals surface area (Å²) >= 11 is 0. The lowest BCUT2D eigenvalue weighted by Gasteiger charge is -2.05. The van der Waals surface area contributed by atoms with Crippen LogP contribution in [0.15, 0.2) is 120 Å². The van der Waals surface area contributed by atoms with E-state index in [0.717, 1.165) is 37.3 Å². The summed E-state index contributed by atoms with van der Waals surface area (Å²) < 4.78 is 89.1. The number of nitrogens with zero attached hydrogens (tertiary/aromatic N) is 4. The zero-order chi connectivity index (χ0) is 37.8. The number of benzene rings is 4. The highest BCUT2D eigenvalue weighted by atomic mass is 32.2. The highest BCUT2D eigenvalue weighted by Crippen LogP contribution is 2.13. The number of rotatable bonds is 2. The first-order valence-corrected chi connectivity index (χ1v) is 19.9. The molecule has 0 unspecified atom stereocenters. The summed E-state index contributed by atoms with van der Waals surface area (Å²) in [6, 6.07) is 28.6. The second-order valence-electron chi connectivity index (χ2n) is 12.4. The molecule has 0 radical (unpaired) electrons. The van der Waals surface area contributed by atoms with Crippen molar-refractivity contribution >= 4 is 42.3 Å². The molecule has 0 aliphatic carbocycles. The van der Waals surface area contributed by atoms with Crippen LogP contribution >= 0.6 is 0 Å². The van der Waals surface area contributed by atoms with E-state index in [1.807, 2.05) is 13.8 Å². The van der Waals surface area contributed by atoms with E-state index in [0.29, 0.717) is 39.6 Å². The standard InChI is InChI=1S/C24H30N4O3.2C7H8O3S/c1-3-7-23-21(5-1)25-9-13-29-14-10-26-20-28(24-8-4-2-6-22(24)26)12-16-31-18-17-30-15-11-27(23)19-25;2*1-6-2-4-7(5-3-6)11(8,9)10/h1-8,19-20H,9-18H2;2*2-5H,1H3,(H,8,9,10)/q+2;;/p-2. The number of hydrogen-bond acceptors (Lipinski definition) is 9. The molecule has 1 aliphatic rings. The van der Waals surface area contributed by atoms with Crippen LogP contribution in [-0.2, 0) is 60.6 Å². The molecule has 1 aliphatic heterocycles. The maximum absolute atomic E-state index is 10.4. The molecule has 6 aromatic rings. The molecule has 2 aromatic heterocycles. The number of fused-ring (bicyclic) bond motifs is 10. The maximum Gasteiger partial charge on any atom is 0.244 e. The molecule has 0 spiro atoms. The predicted octanol–water partition coefficient (Wildman–Crippen LogP) is 3.73. The van der Waals surface area contributed by atoms with Crippen LogP contribution in [0.1, 0.15) is 11.1 Å². The van der Waals surface area contributed by atoms with Gasteiger partial charge in [0.15, 0.2) is 22.1 Å². The summed E-state index contributed by atoms with van der Waals surface area (Å²) in [5.74, 6) is 0. The Bertz CT molecular complexity index is 2140. The Morgan fingerprint density at radius 2 is 0.868 bits per heavy atom. The Morgan fingerprint density at radius 1 is 0.509 bits per heavy atom. The van der Waals surface area contributed by atoms with Gasteiger partial charge in [0.05, 0.1) is 49.4 Å². The van der Waals surface area contributed by atoms with Gasteiger partial charge >= 0.3 is 0 Å². The first-order chi connectivity index (χ1) is 25.4. The Balaban J connectivity index is 0.000000201. The Hall–Kier alpha value is -4.48. The number of hydrogen-bond donors (Lipinski definition) is 0. The third-order valence-corrected chi connectivity index (χ3v) is 10.2. The van der Waals surface area contributed by atoms with E-state index in [1.54, 1.807) is 24.3 Å². The van der Waals surface area contributed by atoms with Gasteiger partial charge < -0.3 is 23.3 Å². The Labute approximate surface area is 310 Å². The van der Waals surface area contributed by atoms with E-state index in [4.69, 9.17) is 14.2 Å². The van der Waals surface area contributed by atoms with Crippen molar-refractivity contribution in [3.8, 4) is 0 Å². The number of aryl methyl sites for hydroxylation is 2. The molecule has 0 atom stereocenters. The largest absolute Gasteiger partial charge is 0.744 e. The lowest BCUT2D eigenvalue weighted by molar-refractivity contribution is -0.681. The van der Waals surface area contributed by atoms with Crippen LogP contribution < -0.4 is 9.13 Å². The van der Waals surface area contributed by atoms with Gasteiger partial charge in [0.1, 0.15) is 46.4 Å². The Kier molecular flexibility index (Phi) is 13.9. The van der Waals surface area contributed by atoms with E-state index in [-0.39, 0.29) is 9.79 Å². The molecule has 13 nitrogen and oxygen atoms in total. The monoisotopic (exact) mass is 764 g/mol. The van der Waals surface area contributed by atoms with Gasteiger partial charge in [-0.1, -0.05) is 59.7 Å². The molecule has 3 heterocycles. The van der Waals surface area contributed by atoms with Crippen LogP contribution in [0.3, 0.4) is 0 Å². The lowest BCUT2D eigenvalue weighted by atomic mass is 10.2. The molecule has 0 saturated heterocycles. The van der Waals surface area contributed by atoms with Gasteiger partial charge in [-0.25, -0.2) is 35.1 Å². The molecule has 0 N–H and O–H groups in total. The van der Waals surface area contributed by atoms with Crippen molar-refractivity contribution < 1.29 is 49.3 Å². The van der Waals surface area contributed by atoms with Crippen molar-refractivity contribution in [1.29, 1.82) is 0 Å². The van der Waals surface area contributed by atoms with Crippen molar-refractivity contribution in [3.05, 3.63) is 121 Å². The molecule has 4 aromatic carbocycles. The number of ether oxygens (including phenoxy) is 3. The smallest absolute Gasteiger partial charge is 0.244 e. The number of aromatic nitrogens is 4. The highest BCUT2D eigenvalue weighted by molar-refractivity contribution is 7.86. The topological polar surface area (TPSA) is 160 Å². The van der Waals surface area contributed by atoms with Crippen molar-refractivity contribution in [3.63, 3.8) is 0 Å². The van der Waals surface area contributed by atoms with Crippen LogP contribution in [-0.4, -0.2) is 74.7 Å². The van der Waals surface area contributed by atoms with Crippen molar-refractivity contribution in [1.82, 2.24) is 9.13 Å². The second-order valence-corrected chi connectivity index (χ2v) is 15.1. The zero-order valence-electron chi connectivity index (χ0n) is 29.7. The molecule has 7 rings (SSSR count). The number of para-hydroxylation sites is 4. The van der Waals surface area contributed by atoms with Crippen molar-refractivity contribution in [2.75, 3.05) is 39.6 Å². The second kappa shape index (κ2) is 18.5. The van der Waals surface area contributed by atoms with Gasteiger partial charge in [-0.15, -0.1) is 0 Å².